The lowest BCUT2D eigenvalue weighted by Gasteiger charge is -2.40. The Kier molecular flexibility index (Phi) is 4.08. The molecule has 2 saturated heterocycles. The van der Waals surface area contributed by atoms with Crippen LogP contribution in [-0.2, 0) is 9.53 Å². The normalized spacial score (nSPS) is 27.5. The van der Waals surface area contributed by atoms with Crippen molar-refractivity contribution in [2.45, 2.75) is 6.17 Å². The molecule has 2 heterocycles. The van der Waals surface area contributed by atoms with E-state index in [1.165, 1.54) is 0 Å². The topological polar surface area (TPSA) is 44.8 Å². The third kappa shape index (κ3) is 2.75. The van der Waals surface area contributed by atoms with Crippen molar-refractivity contribution in [1.29, 1.82) is 0 Å². The molecule has 0 saturated carbocycles. The molecule has 5 nitrogen and oxygen atoms in total. The first-order chi connectivity index (χ1) is 7.42. The Morgan fingerprint density at radius 1 is 1.07 bits per heavy atom. The van der Waals surface area contributed by atoms with E-state index in [0.717, 1.165) is 58.8 Å². The molecular formula is C10H19N3O2. The van der Waals surface area contributed by atoms with E-state index < -0.39 is 0 Å². The number of rotatable bonds is 3. The molecule has 0 radical (unpaired) electrons. The van der Waals surface area contributed by atoms with Gasteiger partial charge in [0.25, 0.3) is 0 Å². The monoisotopic (exact) mass is 213 g/mol. The highest BCUT2D eigenvalue weighted by molar-refractivity contribution is 5.57. The maximum atomic E-state index is 11.2. The van der Waals surface area contributed by atoms with E-state index in [1.807, 2.05) is 0 Å². The molecule has 1 unspecified atom stereocenters. The van der Waals surface area contributed by atoms with Gasteiger partial charge in [-0.05, 0) is 0 Å². The van der Waals surface area contributed by atoms with Crippen molar-refractivity contribution in [2.75, 3.05) is 52.5 Å². The van der Waals surface area contributed by atoms with Crippen molar-refractivity contribution in [1.82, 2.24) is 15.1 Å². The van der Waals surface area contributed by atoms with Gasteiger partial charge < -0.3 is 14.8 Å². The molecule has 1 N–H and O–H groups in total. The average molecular weight is 213 g/mol. The van der Waals surface area contributed by atoms with Gasteiger partial charge >= 0.3 is 0 Å². The lowest BCUT2D eigenvalue weighted by Crippen LogP contribution is -2.57. The number of nitrogens with zero attached hydrogens (tertiary/aromatic N) is 2. The van der Waals surface area contributed by atoms with Crippen LogP contribution >= 0.6 is 0 Å². The summed E-state index contributed by atoms with van der Waals surface area (Å²) in [5.74, 6) is 0. The Labute approximate surface area is 90.4 Å². The standard InChI is InChI=1S/C10H19N3O2/c14-9-10(12-3-1-11-2-4-12)13-5-7-15-8-6-13/h9-11H,1-8H2. The van der Waals surface area contributed by atoms with Gasteiger partial charge in [0.15, 0.2) is 6.29 Å². The largest absolute Gasteiger partial charge is 0.379 e. The summed E-state index contributed by atoms with van der Waals surface area (Å²) in [5.41, 5.74) is 0. The Bertz CT molecular complexity index is 183. The van der Waals surface area contributed by atoms with E-state index in [2.05, 4.69) is 15.1 Å². The van der Waals surface area contributed by atoms with E-state index in [4.69, 9.17) is 4.74 Å². The van der Waals surface area contributed by atoms with Gasteiger partial charge in [0.05, 0.1) is 13.2 Å². The van der Waals surface area contributed by atoms with Crippen LogP contribution in [0.15, 0.2) is 0 Å². The van der Waals surface area contributed by atoms with Crippen LogP contribution in [0.2, 0.25) is 0 Å². The molecule has 0 amide bonds. The fraction of sp³-hybridized carbons (Fsp3) is 0.900. The summed E-state index contributed by atoms with van der Waals surface area (Å²) in [6, 6.07) is 0. The number of hydrogen-bond acceptors (Lipinski definition) is 5. The minimum absolute atomic E-state index is 0.0454. The van der Waals surface area contributed by atoms with Crippen LogP contribution in [0.25, 0.3) is 0 Å². The summed E-state index contributed by atoms with van der Waals surface area (Å²) in [4.78, 5) is 15.6. The van der Waals surface area contributed by atoms with Gasteiger partial charge in [0, 0.05) is 39.3 Å². The Balaban J connectivity index is 1.91. The average Bonchev–Trinajstić information content (AvgIpc) is 2.33. The molecule has 15 heavy (non-hydrogen) atoms. The smallest absolute Gasteiger partial charge is 0.151 e. The second-order valence-electron chi connectivity index (χ2n) is 3.98. The van der Waals surface area contributed by atoms with E-state index in [-0.39, 0.29) is 6.17 Å². The molecule has 1 atom stereocenters. The number of piperazine rings is 1. The summed E-state index contributed by atoms with van der Waals surface area (Å²) >= 11 is 0. The van der Waals surface area contributed by atoms with Gasteiger partial charge in [0.1, 0.15) is 6.17 Å². The highest BCUT2D eigenvalue weighted by Crippen LogP contribution is 2.08. The molecule has 0 aliphatic carbocycles. The molecule has 0 aromatic carbocycles. The molecule has 2 rings (SSSR count). The highest BCUT2D eigenvalue weighted by atomic mass is 16.5. The molecule has 2 aliphatic heterocycles. The van der Waals surface area contributed by atoms with Crippen molar-refractivity contribution < 1.29 is 9.53 Å². The molecule has 5 heteroatoms. The van der Waals surface area contributed by atoms with Gasteiger partial charge in [-0.1, -0.05) is 0 Å². The second-order valence-corrected chi connectivity index (χ2v) is 3.98. The fourth-order valence-electron chi connectivity index (χ4n) is 2.19. The molecule has 86 valence electrons. The summed E-state index contributed by atoms with van der Waals surface area (Å²) in [5, 5.41) is 3.30. The Morgan fingerprint density at radius 2 is 1.67 bits per heavy atom. The van der Waals surface area contributed by atoms with Crippen LogP contribution in [0.5, 0.6) is 0 Å². The van der Waals surface area contributed by atoms with E-state index >= 15 is 0 Å². The number of aldehydes is 1. The van der Waals surface area contributed by atoms with E-state index in [0.29, 0.717) is 0 Å². The maximum Gasteiger partial charge on any atom is 0.151 e. The van der Waals surface area contributed by atoms with E-state index in [9.17, 15) is 4.79 Å². The van der Waals surface area contributed by atoms with Crippen molar-refractivity contribution in [2.24, 2.45) is 0 Å². The Hall–Kier alpha value is -0.490. The van der Waals surface area contributed by atoms with Crippen LogP contribution in [0.3, 0.4) is 0 Å². The zero-order chi connectivity index (χ0) is 10.5. The molecule has 0 spiro atoms. The molecular weight excluding hydrogens is 194 g/mol. The number of nitrogens with one attached hydrogen (secondary N) is 1. The predicted molar refractivity (Wildman–Crippen MR) is 56.7 cm³/mol. The van der Waals surface area contributed by atoms with Gasteiger partial charge in [0.2, 0.25) is 0 Å². The number of carbonyl (C=O) groups is 1. The zero-order valence-corrected chi connectivity index (χ0v) is 9.02. The lowest BCUT2D eigenvalue weighted by molar-refractivity contribution is -0.122. The highest BCUT2D eigenvalue weighted by Gasteiger charge is 2.26. The van der Waals surface area contributed by atoms with Crippen molar-refractivity contribution in [3.05, 3.63) is 0 Å². The summed E-state index contributed by atoms with van der Waals surface area (Å²) in [6.45, 7) is 7.11. The van der Waals surface area contributed by atoms with Crippen molar-refractivity contribution in [3.8, 4) is 0 Å². The summed E-state index contributed by atoms with van der Waals surface area (Å²) in [7, 11) is 0. The minimum atomic E-state index is -0.0454. The predicted octanol–water partition coefficient (Wildman–Crippen LogP) is -1.25. The van der Waals surface area contributed by atoms with Crippen LogP contribution in [0.4, 0.5) is 0 Å². The zero-order valence-electron chi connectivity index (χ0n) is 9.02. The van der Waals surface area contributed by atoms with Gasteiger partial charge in [-0.25, -0.2) is 0 Å². The maximum absolute atomic E-state index is 11.2. The summed E-state index contributed by atoms with van der Waals surface area (Å²) < 4.78 is 5.29. The third-order valence-electron chi connectivity index (χ3n) is 3.07. The van der Waals surface area contributed by atoms with Gasteiger partial charge in [-0.15, -0.1) is 0 Å². The number of hydrogen-bond donors (Lipinski definition) is 1. The number of carbonyl (C=O) groups excluding carboxylic acids is 1. The number of morpholine rings is 1. The van der Waals surface area contributed by atoms with E-state index in [1.54, 1.807) is 0 Å². The van der Waals surface area contributed by atoms with Crippen LogP contribution in [-0.4, -0.2) is 74.7 Å². The van der Waals surface area contributed by atoms with Crippen LogP contribution in [0.1, 0.15) is 0 Å². The lowest BCUT2D eigenvalue weighted by atomic mass is 10.3. The molecule has 2 aliphatic rings. The quantitative estimate of drug-likeness (QED) is 0.593. The molecule has 0 bridgehead atoms. The number of ether oxygens (including phenoxy) is 1. The Morgan fingerprint density at radius 3 is 2.27 bits per heavy atom. The van der Waals surface area contributed by atoms with Crippen LogP contribution < -0.4 is 5.32 Å². The van der Waals surface area contributed by atoms with Crippen LogP contribution in [0, 0.1) is 0 Å². The van der Waals surface area contributed by atoms with Crippen molar-refractivity contribution >= 4 is 6.29 Å². The van der Waals surface area contributed by atoms with Gasteiger partial charge in [-0.3, -0.25) is 9.80 Å². The third-order valence-corrected chi connectivity index (χ3v) is 3.07. The first-order valence-corrected chi connectivity index (χ1v) is 5.63. The first-order valence-electron chi connectivity index (χ1n) is 5.63. The second kappa shape index (κ2) is 5.55. The minimum Gasteiger partial charge on any atom is -0.379 e. The summed E-state index contributed by atoms with van der Waals surface area (Å²) in [6.07, 6.45) is 1.02. The molecule has 0 aromatic rings. The molecule has 2 fully saturated rings. The SMILES string of the molecule is O=CC(N1CCNCC1)N1CCOCC1. The van der Waals surface area contributed by atoms with Crippen molar-refractivity contribution in [3.63, 3.8) is 0 Å². The van der Waals surface area contributed by atoms with Gasteiger partial charge in [-0.2, -0.15) is 0 Å². The first kappa shape index (κ1) is 11.0. The fourth-order valence-corrected chi connectivity index (χ4v) is 2.19. The molecule has 0 aromatic heterocycles.